The fourth-order valence-corrected chi connectivity index (χ4v) is 3.04. The standard InChI is InChI=1S/C11H8N6OS2/c18-9(7-4-2-1-3-5-7)13-8-6-12-11(19-8)20-10-14-16-17-15-10/h1-6H,(H,13,18)(H,14,15,16,17). The number of tetrazole rings is 1. The number of anilines is 1. The molecule has 9 heteroatoms. The highest BCUT2D eigenvalue weighted by Gasteiger charge is 2.10. The van der Waals surface area contributed by atoms with Crippen molar-refractivity contribution >= 4 is 34.0 Å². The van der Waals surface area contributed by atoms with Gasteiger partial charge in [0.15, 0.2) is 4.34 Å². The summed E-state index contributed by atoms with van der Waals surface area (Å²) in [7, 11) is 0. The number of rotatable bonds is 4. The van der Waals surface area contributed by atoms with E-state index in [0.29, 0.717) is 15.7 Å². The van der Waals surface area contributed by atoms with Crippen molar-refractivity contribution in [1.82, 2.24) is 25.6 Å². The molecule has 2 N–H and O–H groups in total. The fourth-order valence-electron chi connectivity index (χ4n) is 1.41. The minimum Gasteiger partial charge on any atom is -0.312 e. The molecule has 0 fully saturated rings. The maximum Gasteiger partial charge on any atom is 0.256 e. The predicted octanol–water partition coefficient (Wildman–Crippen LogP) is 2.06. The summed E-state index contributed by atoms with van der Waals surface area (Å²) in [6.45, 7) is 0. The SMILES string of the molecule is O=C(Nc1cnc(Sc2nn[nH]n2)s1)c1ccccc1. The number of benzene rings is 1. The van der Waals surface area contributed by atoms with E-state index < -0.39 is 0 Å². The Morgan fingerprint density at radius 3 is 2.90 bits per heavy atom. The van der Waals surface area contributed by atoms with E-state index in [4.69, 9.17) is 0 Å². The van der Waals surface area contributed by atoms with Gasteiger partial charge < -0.3 is 5.32 Å². The van der Waals surface area contributed by atoms with Crippen LogP contribution in [0.2, 0.25) is 0 Å². The van der Waals surface area contributed by atoms with Gasteiger partial charge in [-0.1, -0.05) is 29.5 Å². The highest BCUT2D eigenvalue weighted by molar-refractivity contribution is 8.00. The van der Waals surface area contributed by atoms with Crippen molar-refractivity contribution in [3.05, 3.63) is 42.1 Å². The molecule has 1 aromatic carbocycles. The van der Waals surface area contributed by atoms with Crippen LogP contribution in [0, 0.1) is 0 Å². The molecule has 0 atom stereocenters. The van der Waals surface area contributed by atoms with Gasteiger partial charge in [-0.25, -0.2) is 4.98 Å². The normalized spacial score (nSPS) is 10.4. The van der Waals surface area contributed by atoms with E-state index in [9.17, 15) is 4.79 Å². The number of aromatic amines is 1. The van der Waals surface area contributed by atoms with E-state index in [1.165, 1.54) is 23.1 Å². The van der Waals surface area contributed by atoms with Crippen LogP contribution in [-0.2, 0) is 0 Å². The number of hydrogen-bond acceptors (Lipinski definition) is 7. The molecule has 2 aromatic heterocycles. The second-order valence-electron chi connectivity index (χ2n) is 3.61. The molecule has 2 heterocycles. The first-order valence-electron chi connectivity index (χ1n) is 5.55. The molecule has 0 unspecified atom stereocenters. The van der Waals surface area contributed by atoms with Crippen molar-refractivity contribution in [1.29, 1.82) is 0 Å². The van der Waals surface area contributed by atoms with Crippen LogP contribution in [0.1, 0.15) is 10.4 Å². The Hall–Kier alpha value is -2.26. The summed E-state index contributed by atoms with van der Waals surface area (Å²) in [5, 5.41) is 17.4. The molecule has 0 saturated carbocycles. The van der Waals surface area contributed by atoms with Crippen LogP contribution in [-0.4, -0.2) is 31.5 Å². The first-order valence-corrected chi connectivity index (χ1v) is 7.18. The first-order chi connectivity index (χ1) is 9.81. The van der Waals surface area contributed by atoms with Gasteiger partial charge in [0.2, 0.25) is 5.16 Å². The third-order valence-electron chi connectivity index (χ3n) is 2.26. The Kier molecular flexibility index (Phi) is 3.70. The summed E-state index contributed by atoms with van der Waals surface area (Å²) in [4.78, 5) is 16.1. The second kappa shape index (κ2) is 5.80. The third-order valence-corrected chi connectivity index (χ3v) is 4.10. The van der Waals surface area contributed by atoms with Gasteiger partial charge in [0.1, 0.15) is 5.00 Å². The lowest BCUT2D eigenvalue weighted by Gasteiger charge is -2.00. The first kappa shape index (κ1) is 12.8. The maximum absolute atomic E-state index is 12.0. The number of H-pyrrole nitrogens is 1. The Balaban J connectivity index is 1.67. The molecule has 0 radical (unpaired) electrons. The van der Waals surface area contributed by atoms with Crippen molar-refractivity contribution in [3.8, 4) is 0 Å². The van der Waals surface area contributed by atoms with Crippen LogP contribution in [0.25, 0.3) is 0 Å². The Morgan fingerprint density at radius 2 is 2.15 bits per heavy atom. The minimum absolute atomic E-state index is 0.162. The van der Waals surface area contributed by atoms with E-state index in [1.807, 2.05) is 18.2 Å². The molecule has 0 aliphatic rings. The summed E-state index contributed by atoms with van der Waals surface area (Å²) in [6.07, 6.45) is 1.61. The second-order valence-corrected chi connectivity index (χ2v) is 5.85. The number of carbonyl (C=O) groups excluding carboxylic acids is 1. The molecule has 0 aliphatic carbocycles. The number of hydrogen-bond donors (Lipinski definition) is 2. The van der Waals surface area contributed by atoms with Gasteiger partial charge in [-0.2, -0.15) is 5.21 Å². The van der Waals surface area contributed by atoms with E-state index in [1.54, 1.807) is 18.3 Å². The fraction of sp³-hybridized carbons (Fsp3) is 0. The van der Waals surface area contributed by atoms with E-state index in [2.05, 4.69) is 30.9 Å². The molecule has 1 amide bonds. The molecular weight excluding hydrogens is 296 g/mol. The average Bonchev–Trinajstić information content (AvgIpc) is 3.12. The molecule has 3 aromatic rings. The maximum atomic E-state index is 12.0. The Morgan fingerprint density at radius 1 is 1.30 bits per heavy atom. The third kappa shape index (κ3) is 3.00. The van der Waals surface area contributed by atoms with Crippen molar-refractivity contribution in [2.75, 3.05) is 5.32 Å². The zero-order valence-corrected chi connectivity index (χ0v) is 11.6. The molecule has 7 nitrogen and oxygen atoms in total. The lowest BCUT2D eigenvalue weighted by Crippen LogP contribution is -2.10. The smallest absolute Gasteiger partial charge is 0.256 e. The van der Waals surface area contributed by atoms with Crippen LogP contribution in [0.15, 0.2) is 46.0 Å². The van der Waals surface area contributed by atoms with Crippen LogP contribution >= 0.6 is 23.1 Å². The van der Waals surface area contributed by atoms with E-state index >= 15 is 0 Å². The highest BCUT2D eigenvalue weighted by Crippen LogP contribution is 2.31. The molecular formula is C11H8N6OS2. The largest absolute Gasteiger partial charge is 0.312 e. The summed E-state index contributed by atoms with van der Waals surface area (Å²) >= 11 is 2.63. The topological polar surface area (TPSA) is 96.5 Å². The van der Waals surface area contributed by atoms with Crippen molar-refractivity contribution in [2.24, 2.45) is 0 Å². The summed E-state index contributed by atoms with van der Waals surface area (Å²) in [5.41, 5.74) is 0.605. The minimum atomic E-state index is -0.162. The zero-order chi connectivity index (χ0) is 13.8. The van der Waals surface area contributed by atoms with Gasteiger partial charge in [0.05, 0.1) is 6.20 Å². The molecule has 0 bridgehead atoms. The highest BCUT2D eigenvalue weighted by atomic mass is 32.2. The van der Waals surface area contributed by atoms with E-state index in [0.717, 1.165) is 4.34 Å². The Labute approximate surface area is 121 Å². The quantitative estimate of drug-likeness (QED) is 0.766. The lowest BCUT2D eigenvalue weighted by molar-refractivity contribution is 0.102. The van der Waals surface area contributed by atoms with Crippen LogP contribution in [0.4, 0.5) is 5.00 Å². The van der Waals surface area contributed by atoms with Gasteiger partial charge in [0.25, 0.3) is 5.91 Å². The van der Waals surface area contributed by atoms with Crippen molar-refractivity contribution in [3.63, 3.8) is 0 Å². The lowest BCUT2D eigenvalue weighted by atomic mass is 10.2. The number of amides is 1. The van der Waals surface area contributed by atoms with Crippen molar-refractivity contribution < 1.29 is 4.79 Å². The number of thiazole rings is 1. The van der Waals surface area contributed by atoms with Gasteiger partial charge in [0, 0.05) is 5.56 Å². The zero-order valence-electron chi connectivity index (χ0n) is 9.98. The molecule has 3 rings (SSSR count). The monoisotopic (exact) mass is 304 g/mol. The van der Waals surface area contributed by atoms with Gasteiger partial charge in [-0.3, -0.25) is 4.79 Å². The van der Waals surface area contributed by atoms with Crippen LogP contribution in [0.5, 0.6) is 0 Å². The van der Waals surface area contributed by atoms with Crippen molar-refractivity contribution in [2.45, 2.75) is 9.50 Å². The summed E-state index contributed by atoms with van der Waals surface area (Å²) < 4.78 is 0.731. The number of nitrogens with one attached hydrogen (secondary N) is 2. The predicted molar refractivity (Wildman–Crippen MR) is 74.8 cm³/mol. The van der Waals surface area contributed by atoms with Gasteiger partial charge >= 0.3 is 0 Å². The van der Waals surface area contributed by atoms with E-state index in [-0.39, 0.29) is 5.91 Å². The molecule has 0 aliphatic heterocycles. The number of aromatic nitrogens is 5. The summed E-state index contributed by atoms with van der Waals surface area (Å²) in [5.74, 6) is -0.162. The molecule has 20 heavy (non-hydrogen) atoms. The number of carbonyl (C=O) groups is 1. The molecule has 100 valence electrons. The Bertz CT molecular complexity index is 697. The van der Waals surface area contributed by atoms with Gasteiger partial charge in [-0.05, 0) is 29.1 Å². The summed E-state index contributed by atoms with van der Waals surface area (Å²) in [6, 6.07) is 9.01. The average molecular weight is 304 g/mol. The van der Waals surface area contributed by atoms with Crippen LogP contribution < -0.4 is 5.32 Å². The van der Waals surface area contributed by atoms with Gasteiger partial charge in [-0.15, -0.1) is 10.2 Å². The van der Waals surface area contributed by atoms with Crippen LogP contribution in [0.3, 0.4) is 0 Å². The molecule has 0 saturated heterocycles. The molecule has 0 spiro atoms. The number of nitrogens with zero attached hydrogens (tertiary/aromatic N) is 4.